The zero-order chi connectivity index (χ0) is 17.5. The molecule has 0 radical (unpaired) electrons. The Labute approximate surface area is 148 Å². The largest absolute Gasteiger partial charge is 0.494 e. The van der Waals surface area contributed by atoms with Crippen molar-refractivity contribution in [1.29, 1.82) is 0 Å². The van der Waals surface area contributed by atoms with E-state index in [0.29, 0.717) is 19.8 Å². The van der Waals surface area contributed by atoms with Gasteiger partial charge in [-0.15, -0.1) is 0 Å². The average Bonchev–Trinajstić information content (AvgIpc) is 2.68. The first-order valence-electron chi connectivity index (χ1n) is 8.68. The number of carbonyl (C=O) groups is 1. The van der Waals surface area contributed by atoms with E-state index in [4.69, 9.17) is 9.47 Å². The Morgan fingerprint density at radius 1 is 1.20 bits per heavy atom. The van der Waals surface area contributed by atoms with Crippen molar-refractivity contribution in [2.45, 2.75) is 19.1 Å². The summed E-state index contributed by atoms with van der Waals surface area (Å²) in [5, 5.41) is 6.31. The first-order chi connectivity index (χ1) is 12.3. The molecule has 0 bridgehead atoms. The Kier molecular flexibility index (Phi) is 6.04. The molecule has 1 heterocycles. The van der Waals surface area contributed by atoms with E-state index in [1.165, 1.54) is 0 Å². The fourth-order valence-electron chi connectivity index (χ4n) is 2.90. The molecule has 5 heteroatoms. The molecule has 1 amide bonds. The number of hydrogen-bond donors (Lipinski definition) is 2. The van der Waals surface area contributed by atoms with E-state index < -0.39 is 6.10 Å². The predicted octanol–water partition coefficient (Wildman–Crippen LogP) is 2.28. The summed E-state index contributed by atoms with van der Waals surface area (Å²) in [4.78, 5) is 12.6. The molecule has 0 aliphatic carbocycles. The van der Waals surface area contributed by atoms with Crippen LogP contribution in [0.25, 0.3) is 0 Å². The van der Waals surface area contributed by atoms with Gasteiger partial charge in [0.15, 0.2) is 0 Å². The summed E-state index contributed by atoms with van der Waals surface area (Å²) in [6, 6.07) is 17.6. The molecule has 25 heavy (non-hydrogen) atoms. The molecule has 132 valence electrons. The number of amides is 1. The van der Waals surface area contributed by atoms with E-state index >= 15 is 0 Å². The highest BCUT2D eigenvalue weighted by Crippen LogP contribution is 2.24. The zero-order valence-electron chi connectivity index (χ0n) is 14.4. The fraction of sp³-hybridized carbons (Fsp3) is 0.350. The van der Waals surface area contributed by atoms with Gasteiger partial charge < -0.3 is 20.1 Å². The first kappa shape index (κ1) is 17.5. The van der Waals surface area contributed by atoms with E-state index in [-0.39, 0.29) is 11.9 Å². The van der Waals surface area contributed by atoms with Crippen LogP contribution in [0.3, 0.4) is 0 Å². The lowest BCUT2D eigenvalue weighted by Crippen LogP contribution is -2.48. The molecule has 0 saturated carbocycles. The van der Waals surface area contributed by atoms with Crippen LogP contribution in [0.1, 0.15) is 24.1 Å². The van der Waals surface area contributed by atoms with Crippen LogP contribution in [-0.4, -0.2) is 38.3 Å². The molecule has 1 aliphatic heterocycles. The van der Waals surface area contributed by atoms with Crippen LogP contribution in [0.5, 0.6) is 5.75 Å². The summed E-state index contributed by atoms with van der Waals surface area (Å²) >= 11 is 0. The molecule has 0 aromatic heterocycles. The van der Waals surface area contributed by atoms with E-state index in [1.807, 2.05) is 61.5 Å². The maximum Gasteiger partial charge on any atom is 0.251 e. The smallest absolute Gasteiger partial charge is 0.251 e. The van der Waals surface area contributed by atoms with Gasteiger partial charge in [-0.1, -0.05) is 42.5 Å². The molecule has 5 nitrogen and oxygen atoms in total. The van der Waals surface area contributed by atoms with Gasteiger partial charge in [0.1, 0.15) is 11.9 Å². The van der Waals surface area contributed by atoms with Crippen LogP contribution in [0.4, 0.5) is 0 Å². The highest BCUT2D eigenvalue weighted by Gasteiger charge is 2.25. The molecule has 2 aromatic rings. The summed E-state index contributed by atoms with van der Waals surface area (Å²) < 4.78 is 11.1. The molecule has 2 atom stereocenters. The summed E-state index contributed by atoms with van der Waals surface area (Å²) in [7, 11) is 0. The highest BCUT2D eigenvalue weighted by atomic mass is 16.5. The number of rotatable bonds is 6. The number of carbonyl (C=O) groups excluding carboxylic acids is 1. The van der Waals surface area contributed by atoms with Gasteiger partial charge in [0.25, 0.3) is 5.91 Å². The molecule has 1 saturated heterocycles. The SMILES string of the molecule is CCOc1ccc([C@@H](NC(=O)[C@@H]2CNCCO2)c2ccccc2)cc1. The molecule has 2 N–H and O–H groups in total. The number of hydrogen-bond acceptors (Lipinski definition) is 4. The van der Waals surface area contributed by atoms with Gasteiger partial charge in [-0.25, -0.2) is 0 Å². The minimum Gasteiger partial charge on any atom is -0.494 e. The van der Waals surface area contributed by atoms with Crippen molar-refractivity contribution in [3.8, 4) is 5.75 Å². The van der Waals surface area contributed by atoms with Crippen molar-refractivity contribution in [2.24, 2.45) is 0 Å². The number of morpholine rings is 1. The van der Waals surface area contributed by atoms with Crippen LogP contribution < -0.4 is 15.4 Å². The van der Waals surface area contributed by atoms with E-state index in [2.05, 4.69) is 10.6 Å². The van der Waals surface area contributed by atoms with Gasteiger partial charge in [0.2, 0.25) is 0 Å². The Balaban J connectivity index is 1.81. The van der Waals surface area contributed by atoms with Crippen LogP contribution in [-0.2, 0) is 9.53 Å². The monoisotopic (exact) mass is 340 g/mol. The summed E-state index contributed by atoms with van der Waals surface area (Å²) in [5.74, 6) is 0.721. The second kappa shape index (κ2) is 8.65. The van der Waals surface area contributed by atoms with Crippen molar-refractivity contribution < 1.29 is 14.3 Å². The minimum absolute atomic E-state index is 0.102. The third kappa shape index (κ3) is 4.59. The molecular weight excluding hydrogens is 316 g/mol. The lowest BCUT2D eigenvalue weighted by atomic mass is 9.98. The average molecular weight is 340 g/mol. The predicted molar refractivity (Wildman–Crippen MR) is 96.6 cm³/mol. The third-order valence-corrected chi connectivity index (χ3v) is 4.16. The van der Waals surface area contributed by atoms with Crippen molar-refractivity contribution in [2.75, 3.05) is 26.3 Å². The first-order valence-corrected chi connectivity index (χ1v) is 8.68. The van der Waals surface area contributed by atoms with Gasteiger partial charge in [-0.05, 0) is 30.2 Å². The van der Waals surface area contributed by atoms with Crippen LogP contribution in [0, 0.1) is 0 Å². The quantitative estimate of drug-likeness (QED) is 0.847. The Bertz CT molecular complexity index is 667. The van der Waals surface area contributed by atoms with Crippen molar-refractivity contribution in [3.63, 3.8) is 0 Å². The molecular formula is C20H24N2O3. The van der Waals surface area contributed by atoms with E-state index in [9.17, 15) is 4.79 Å². The normalized spacial score (nSPS) is 18.4. The van der Waals surface area contributed by atoms with Gasteiger partial charge in [0, 0.05) is 13.1 Å². The summed E-state index contributed by atoms with van der Waals surface area (Å²) in [5.41, 5.74) is 2.04. The highest BCUT2D eigenvalue weighted by molar-refractivity contribution is 5.82. The van der Waals surface area contributed by atoms with Crippen molar-refractivity contribution in [1.82, 2.24) is 10.6 Å². The Hall–Kier alpha value is -2.37. The van der Waals surface area contributed by atoms with E-state index in [1.54, 1.807) is 0 Å². The van der Waals surface area contributed by atoms with Crippen LogP contribution in [0.15, 0.2) is 54.6 Å². The minimum atomic E-state index is -0.456. The van der Waals surface area contributed by atoms with Crippen LogP contribution >= 0.6 is 0 Å². The number of benzene rings is 2. The number of nitrogens with one attached hydrogen (secondary N) is 2. The van der Waals surface area contributed by atoms with E-state index in [0.717, 1.165) is 23.4 Å². The number of ether oxygens (including phenoxy) is 2. The third-order valence-electron chi connectivity index (χ3n) is 4.16. The molecule has 0 spiro atoms. The van der Waals surface area contributed by atoms with Gasteiger partial charge in [0.05, 0.1) is 19.3 Å². The summed E-state index contributed by atoms with van der Waals surface area (Å²) in [6.45, 7) is 4.46. The van der Waals surface area contributed by atoms with Gasteiger partial charge in [-0.2, -0.15) is 0 Å². The molecule has 1 aliphatic rings. The zero-order valence-corrected chi connectivity index (χ0v) is 14.4. The molecule has 1 fully saturated rings. The van der Waals surface area contributed by atoms with Crippen molar-refractivity contribution in [3.05, 3.63) is 65.7 Å². The van der Waals surface area contributed by atoms with Gasteiger partial charge in [-0.3, -0.25) is 4.79 Å². The molecule has 3 rings (SSSR count). The molecule has 2 aromatic carbocycles. The summed E-state index contributed by atoms with van der Waals surface area (Å²) in [6.07, 6.45) is -0.456. The van der Waals surface area contributed by atoms with Crippen molar-refractivity contribution >= 4 is 5.91 Å². The topological polar surface area (TPSA) is 59.6 Å². The maximum absolute atomic E-state index is 12.6. The lowest BCUT2D eigenvalue weighted by Gasteiger charge is -2.26. The lowest BCUT2D eigenvalue weighted by molar-refractivity contribution is -0.134. The Morgan fingerprint density at radius 3 is 2.56 bits per heavy atom. The van der Waals surface area contributed by atoms with Crippen LogP contribution in [0.2, 0.25) is 0 Å². The fourth-order valence-corrected chi connectivity index (χ4v) is 2.90. The standard InChI is InChI=1S/C20H24N2O3/c1-2-24-17-10-8-16(9-11-17)19(15-6-4-3-5-7-15)22-20(23)18-14-21-12-13-25-18/h3-11,18-19,21H,2,12-14H2,1H3,(H,22,23)/t18-,19-/m0/s1. The Morgan fingerprint density at radius 2 is 1.92 bits per heavy atom. The second-order valence-electron chi connectivity index (χ2n) is 5.92. The maximum atomic E-state index is 12.6. The second-order valence-corrected chi connectivity index (χ2v) is 5.92. The molecule has 0 unspecified atom stereocenters. The van der Waals surface area contributed by atoms with Gasteiger partial charge >= 0.3 is 0 Å².